The molecule has 76 valence electrons. The highest BCUT2D eigenvalue weighted by molar-refractivity contribution is 5.73. The highest BCUT2D eigenvalue weighted by Gasteiger charge is 2.11. The zero-order valence-corrected chi connectivity index (χ0v) is 7.61. The summed E-state index contributed by atoms with van der Waals surface area (Å²) in [6.07, 6.45) is 0.266. The molecular formula is C10H12FNO2. The Balaban J connectivity index is 2.64. The van der Waals surface area contributed by atoms with Crippen LogP contribution in [-0.4, -0.2) is 17.1 Å². The molecule has 1 atom stereocenters. The van der Waals surface area contributed by atoms with Gasteiger partial charge in [0.2, 0.25) is 0 Å². The number of carboxylic acid groups (broad SMARTS) is 1. The second-order valence-electron chi connectivity index (χ2n) is 3.10. The number of hydrogen-bond donors (Lipinski definition) is 2. The fourth-order valence-corrected chi connectivity index (χ4v) is 1.11. The van der Waals surface area contributed by atoms with E-state index in [-0.39, 0.29) is 6.42 Å². The monoisotopic (exact) mass is 197 g/mol. The number of halogens is 1. The lowest BCUT2D eigenvalue weighted by atomic mass is 10.1. The minimum atomic E-state index is -1.03. The highest BCUT2D eigenvalue weighted by atomic mass is 19.1. The largest absolute Gasteiger partial charge is 0.480 e. The number of carbonyl (C=O) groups is 1. The predicted octanol–water partition coefficient (Wildman–Crippen LogP) is 1.11. The van der Waals surface area contributed by atoms with Crippen LogP contribution in [0.2, 0.25) is 0 Å². The van der Waals surface area contributed by atoms with Gasteiger partial charge in [0.25, 0.3) is 0 Å². The summed E-state index contributed by atoms with van der Waals surface area (Å²) in [4.78, 5) is 10.4. The lowest BCUT2D eigenvalue weighted by Crippen LogP contribution is -2.32. The minimum Gasteiger partial charge on any atom is -0.480 e. The zero-order chi connectivity index (χ0) is 10.6. The van der Waals surface area contributed by atoms with Gasteiger partial charge in [-0.2, -0.15) is 0 Å². The maximum absolute atomic E-state index is 12.1. The van der Waals surface area contributed by atoms with E-state index < -0.39 is 18.7 Å². The first-order valence-corrected chi connectivity index (χ1v) is 4.25. The van der Waals surface area contributed by atoms with Gasteiger partial charge in [0.1, 0.15) is 12.7 Å². The lowest BCUT2D eigenvalue weighted by molar-refractivity contribution is -0.138. The lowest BCUT2D eigenvalue weighted by Gasteiger charge is -2.06. The van der Waals surface area contributed by atoms with Gasteiger partial charge in [-0.1, -0.05) is 24.3 Å². The summed E-state index contributed by atoms with van der Waals surface area (Å²) in [6.45, 7) is -0.509. The molecule has 0 saturated heterocycles. The zero-order valence-electron chi connectivity index (χ0n) is 7.61. The Kier molecular flexibility index (Phi) is 3.59. The van der Waals surface area contributed by atoms with Crippen LogP contribution in [0.5, 0.6) is 0 Å². The van der Waals surface area contributed by atoms with Crippen LogP contribution < -0.4 is 5.73 Å². The summed E-state index contributed by atoms with van der Waals surface area (Å²) in [5.41, 5.74) is 6.73. The second kappa shape index (κ2) is 4.72. The van der Waals surface area contributed by atoms with Gasteiger partial charge in [-0.3, -0.25) is 4.79 Å². The first-order valence-electron chi connectivity index (χ1n) is 4.25. The molecular weight excluding hydrogens is 185 g/mol. The van der Waals surface area contributed by atoms with E-state index in [1.54, 1.807) is 24.3 Å². The summed E-state index contributed by atoms with van der Waals surface area (Å²) >= 11 is 0. The van der Waals surface area contributed by atoms with E-state index >= 15 is 0 Å². The molecule has 0 aromatic heterocycles. The molecule has 1 aromatic carbocycles. The molecule has 0 saturated carbocycles. The summed E-state index contributed by atoms with van der Waals surface area (Å²) in [6, 6.07) is 5.75. The molecule has 0 bridgehead atoms. The van der Waals surface area contributed by atoms with E-state index in [2.05, 4.69) is 0 Å². The van der Waals surface area contributed by atoms with Gasteiger partial charge in [0.15, 0.2) is 0 Å². The molecule has 0 aliphatic heterocycles. The number of nitrogens with two attached hydrogens (primary N) is 1. The van der Waals surface area contributed by atoms with Gasteiger partial charge in [0.05, 0.1) is 0 Å². The van der Waals surface area contributed by atoms with Crippen LogP contribution in [0.25, 0.3) is 0 Å². The van der Waals surface area contributed by atoms with Crippen LogP contribution >= 0.6 is 0 Å². The Labute approximate surface area is 81.4 Å². The molecule has 0 spiro atoms. The van der Waals surface area contributed by atoms with Crippen LogP contribution in [0.4, 0.5) is 4.39 Å². The molecule has 0 fully saturated rings. The van der Waals surface area contributed by atoms with Crippen LogP contribution in [0.1, 0.15) is 11.1 Å². The molecule has 0 heterocycles. The number of benzene rings is 1. The fraction of sp³-hybridized carbons (Fsp3) is 0.300. The molecule has 3 N–H and O–H groups in total. The molecule has 0 amide bonds. The SMILES string of the molecule is N[C@@H](Cc1ccc(CF)cc1)C(=O)O. The minimum absolute atomic E-state index is 0.266. The van der Waals surface area contributed by atoms with Crippen molar-refractivity contribution < 1.29 is 14.3 Å². The molecule has 0 aliphatic carbocycles. The quantitative estimate of drug-likeness (QED) is 0.760. The van der Waals surface area contributed by atoms with E-state index in [1.165, 1.54) is 0 Å². The molecule has 0 unspecified atom stereocenters. The number of alkyl halides is 1. The van der Waals surface area contributed by atoms with Crippen molar-refractivity contribution in [3.8, 4) is 0 Å². The fourth-order valence-electron chi connectivity index (χ4n) is 1.11. The van der Waals surface area contributed by atoms with Crippen molar-refractivity contribution in [3.05, 3.63) is 35.4 Å². The molecule has 0 radical (unpaired) electrons. The van der Waals surface area contributed by atoms with E-state index in [0.29, 0.717) is 5.56 Å². The third-order valence-corrected chi connectivity index (χ3v) is 1.95. The summed E-state index contributed by atoms with van der Waals surface area (Å²) in [7, 11) is 0. The topological polar surface area (TPSA) is 63.3 Å². The van der Waals surface area contributed by atoms with E-state index in [4.69, 9.17) is 10.8 Å². The maximum Gasteiger partial charge on any atom is 0.320 e. The molecule has 4 heteroatoms. The van der Waals surface area contributed by atoms with Crippen molar-refractivity contribution >= 4 is 5.97 Å². The molecule has 1 rings (SSSR count). The summed E-state index contributed by atoms with van der Waals surface area (Å²) in [5, 5.41) is 8.56. The van der Waals surface area contributed by atoms with Gasteiger partial charge in [-0.05, 0) is 17.5 Å². The van der Waals surface area contributed by atoms with Crippen LogP contribution in [0.3, 0.4) is 0 Å². The molecule has 14 heavy (non-hydrogen) atoms. The van der Waals surface area contributed by atoms with Crippen LogP contribution in [0, 0.1) is 0 Å². The van der Waals surface area contributed by atoms with Crippen LogP contribution in [-0.2, 0) is 17.9 Å². The van der Waals surface area contributed by atoms with Crippen molar-refractivity contribution in [1.82, 2.24) is 0 Å². The van der Waals surface area contributed by atoms with Gasteiger partial charge >= 0.3 is 5.97 Å². The average molecular weight is 197 g/mol. The number of hydrogen-bond acceptors (Lipinski definition) is 2. The van der Waals surface area contributed by atoms with E-state index in [9.17, 15) is 9.18 Å². The van der Waals surface area contributed by atoms with Crippen molar-refractivity contribution in [2.24, 2.45) is 5.73 Å². The molecule has 1 aromatic rings. The van der Waals surface area contributed by atoms with Gasteiger partial charge in [0, 0.05) is 0 Å². The molecule has 0 aliphatic rings. The average Bonchev–Trinajstić information content (AvgIpc) is 2.19. The van der Waals surface area contributed by atoms with E-state index in [1.807, 2.05) is 0 Å². The van der Waals surface area contributed by atoms with Crippen LogP contribution in [0.15, 0.2) is 24.3 Å². The van der Waals surface area contributed by atoms with Gasteiger partial charge in [-0.15, -0.1) is 0 Å². The number of carboxylic acids is 1. The first-order chi connectivity index (χ1) is 6.63. The number of rotatable bonds is 4. The third kappa shape index (κ3) is 2.81. The number of aliphatic carboxylic acids is 1. The summed E-state index contributed by atoms with van der Waals surface area (Å²) < 4.78 is 12.1. The van der Waals surface area contributed by atoms with Crippen molar-refractivity contribution in [2.75, 3.05) is 0 Å². The predicted molar refractivity (Wildman–Crippen MR) is 50.6 cm³/mol. The Hall–Kier alpha value is -1.42. The van der Waals surface area contributed by atoms with E-state index in [0.717, 1.165) is 5.56 Å². The maximum atomic E-state index is 12.1. The Bertz CT molecular complexity index is 310. The van der Waals surface area contributed by atoms with Crippen molar-refractivity contribution in [2.45, 2.75) is 19.1 Å². The Morgan fingerprint density at radius 2 is 1.86 bits per heavy atom. The Morgan fingerprint density at radius 1 is 1.36 bits per heavy atom. The normalized spacial score (nSPS) is 12.4. The second-order valence-corrected chi connectivity index (χ2v) is 3.10. The highest BCUT2D eigenvalue weighted by Crippen LogP contribution is 2.07. The standard InChI is InChI=1S/C10H12FNO2/c11-6-8-3-1-7(2-4-8)5-9(12)10(13)14/h1-4,9H,5-6,12H2,(H,13,14)/t9-/m0/s1. The first kappa shape index (κ1) is 10.7. The summed E-state index contributed by atoms with van der Waals surface area (Å²) in [5.74, 6) is -1.03. The third-order valence-electron chi connectivity index (χ3n) is 1.95. The van der Waals surface area contributed by atoms with Gasteiger partial charge < -0.3 is 10.8 Å². The van der Waals surface area contributed by atoms with Gasteiger partial charge in [-0.25, -0.2) is 4.39 Å². The smallest absolute Gasteiger partial charge is 0.320 e. The molecule has 3 nitrogen and oxygen atoms in total. The van der Waals surface area contributed by atoms with Crippen molar-refractivity contribution in [1.29, 1.82) is 0 Å². The van der Waals surface area contributed by atoms with Crippen molar-refractivity contribution in [3.63, 3.8) is 0 Å². The Morgan fingerprint density at radius 3 is 2.29 bits per heavy atom.